The lowest BCUT2D eigenvalue weighted by Crippen LogP contribution is -2.29. The number of carbonyl (C=O) groups excluding carboxylic acids is 3. The normalized spacial score (nSPS) is 20.5. The highest BCUT2D eigenvalue weighted by Crippen LogP contribution is 2.38. The second kappa shape index (κ2) is 6.57. The van der Waals surface area contributed by atoms with Gasteiger partial charge in [0.25, 0.3) is 5.91 Å². The summed E-state index contributed by atoms with van der Waals surface area (Å²) in [6, 6.07) is 15.7. The van der Waals surface area contributed by atoms with Crippen molar-refractivity contribution < 1.29 is 14.4 Å². The summed E-state index contributed by atoms with van der Waals surface area (Å²) in [5.41, 5.74) is 1.64. The molecule has 1 aliphatic heterocycles. The van der Waals surface area contributed by atoms with Gasteiger partial charge in [-0.25, -0.2) is 0 Å². The SMILES string of the molecule is CC(=O)C1C(=O)C(=O)N(Cc2ccccc2)C1c1ccc(Cl)cc1. The zero-order valence-electron chi connectivity index (χ0n) is 13.1. The quantitative estimate of drug-likeness (QED) is 0.634. The van der Waals surface area contributed by atoms with Crippen molar-refractivity contribution in [2.24, 2.45) is 5.92 Å². The number of halogens is 1. The van der Waals surface area contributed by atoms with Gasteiger partial charge in [-0.2, -0.15) is 0 Å². The average molecular weight is 342 g/mol. The first kappa shape index (κ1) is 16.4. The first-order valence-electron chi connectivity index (χ1n) is 7.63. The number of rotatable bonds is 4. The summed E-state index contributed by atoms with van der Waals surface area (Å²) >= 11 is 5.93. The first-order chi connectivity index (χ1) is 11.5. The van der Waals surface area contributed by atoms with Crippen LogP contribution in [-0.2, 0) is 20.9 Å². The van der Waals surface area contributed by atoms with E-state index in [1.165, 1.54) is 11.8 Å². The molecule has 1 fully saturated rings. The van der Waals surface area contributed by atoms with Gasteiger partial charge in [-0.15, -0.1) is 0 Å². The highest BCUT2D eigenvalue weighted by molar-refractivity contribution is 6.42. The molecular formula is C19H16ClNO3. The Morgan fingerprint density at radius 2 is 1.67 bits per heavy atom. The Hall–Kier alpha value is -2.46. The fraction of sp³-hybridized carbons (Fsp3) is 0.211. The number of Topliss-reactive ketones (excluding diaryl/α,β-unsaturated/α-hetero) is 2. The van der Waals surface area contributed by atoms with Crippen LogP contribution < -0.4 is 0 Å². The average Bonchev–Trinajstić information content (AvgIpc) is 2.82. The third-order valence-electron chi connectivity index (χ3n) is 4.25. The van der Waals surface area contributed by atoms with Crippen molar-refractivity contribution in [3.63, 3.8) is 0 Å². The van der Waals surface area contributed by atoms with Crippen LogP contribution in [-0.4, -0.2) is 22.4 Å². The molecule has 1 heterocycles. The summed E-state index contributed by atoms with van der Waals surface area (Å²) in [7, 11) is 0. The largest absolute Gasteiger partial charge is 0.324 e. The van der Waals surface area contributed by atoms with Crippen LogP contribution in [0.3, 0.4) is 0 Å². The molecule has 0 N–H and O–H groups in total. The summed E-state index contributed by atoms with van der Waals surface area (Å²) in [4.78, 5) is 38.3. The summed E-state index contributed by atoms with van der Waals surface area (Å²) in [6.07, 6.45) is 0. The number of ketones is 2. The number of amides is 1. The van der Waals surface area contributed by atoms with Crippen LogP contribution in [0.1, 0.15) is 24.1 Å². The van der Waals surface area contributed by atoms with Crippen LogP contribution in [0.5, 0.6) is 0 Å². The van der Waals surface area contributed by atoms with Crippen molar-refractivity contribution in [3.8, 4) is 0 Å². The van der Waals surface area contributed by atoms with E-state index in [1.54, 1.807) is 24.3 Å². The molecule has 2 unspecified atom stereocenters. The Balaban J connectivity index is 2.03. The van der Waals surface area contributed by atoms with Crippen LogP contribution in [0.4, 0.5) is 0 Å². The van der Waals surface area contributed by atoms with Crippen molar-refractivity contribution in [2.75, 3.05) is 0 Å². The van der Waals surface area contributed by atoms with Gasteiger partial charge in [0.05, 0.1) is 6.04 Å². The van der Waals surface area contributed by atoms with E-state index in [9.17, 15) is 14.4 Å². The van der Waals surface area contributed by atoms with Gasteiger partial charge in [0.15, 0.2) is 0 Å². The van der Waals surface area contributed by atoms with E-state index in [1.807, 2.05) is 30.3 Å². The molecule has 1 saturated heterocycles. The molecule has 2 aromatic carbocycles. The Morgan fingerprint density at radius 1 is 1.04 bits per heavy atom. The lowest BCUT2D eigenvalue weighted by Gasteiger charge is -2.27. The van der Waals surface area contributed by atoms with Crippen molar-refractivity contribution in [2.45, 2.75) is 19.5 Å². The van der Waals surface area contributed by atoms with E-state index >= 15 is 0 Å². The third-order valence-corrected chi connectivity index (χ3v) is 4.50. The zero-order chi connectivity index (χ0) is 17.3. The van der Waals surface area contributed by atoms with Crippen LogP contribution in [0.15, 0.2) is 54.6 Å². The standard InChI is InChI=1S/C19H16ClNO3/c1-12(22)16-17(14-7-9-15(20)10-8-14)21(19(24)18(16)23)11-13-5-3-2-4-6-13/h2-10,16-17H,11H2,1H3. The van der Waals surface area contributed by atoms with E-state index in [4.69, 9.17) is 11.6 Å². The minimum atomic E-state index is -0.970. The topological polar surface area (TPSA) is 54.5 Å². The molecule has 0 aliphatic carbocycles. The maximum Gasteiger partial charge on any atom is 0.291 e. The number of hydrogen-bond acceptors (Lipinski definition) is 3. The molecule has 0 aromatic heterocycles. The van der Waals surface area contributed by atoms with E-state index in [0.29, 0.717) is 5.02 Å². The molecule has 0 saturated carbocycles. The maximum atomic E-state index is 12.5. The van der Waals surface area contributed by atoms with E-state index in [-0.39, 0.29) is 12.3 Å². The van der Waals surface area contributed by atoms with Gasteiger partial charge in [0.2, 0.25) is 5.78 Å². The van der Waals surface area contributed by atoms with Crippen LogP contribution in [0, 0.1) is 5.92 Å². The third kappa shape index (κ3) is 2.97. The zero-order valence-corrected chi connectivity index (χ0v) is 13.9. The molecule has 1 amide bonds. The molecule has 122 valence electrons. The van der Waals surface area contributed by atoms with Gasteiger partial charge < -0.3 is 4.90 Å². The van der Waals surface area contributed by atoms with Gasteiger partial charge in [-0.05, 0) is 30.2 Å². The number of nitrogens with zero attached hydrogens (tertiary/aromatic N) is 1. The Labute approximate surface area is 145 Å². The molecule has 24 heavy (non-hydrogen) atoms. The van der Waals surface area contributed by atoms with E-state index in [0.717, 1.165) is 11.1 Å². The summed E-state index contributed by atoms with van der Waals surface area (Å²) in [5.74, 6) is -2.52. The number of carbonyl (C=O) groups is 3. The molecule has 0 spiro atoms. The van der Waals surface area contributed by atoms with Gasteiger partial charge in [0, 0.05) is 11.6 Å². The van der Waals surface area contributed by atoms with Crippen LogP contribution in [0.25, 0.3) is 0 Å². The highest BCUT2D eigenvalue weighted by atomic mass is 35.5. The fourth-order valence-corrected chi connectivity index (χ4v) is 3.24. The smallest absolute Gasteiger partial charge is 0.291 e. The van der Waals surface area contributed by atoms with Crippen LogP contribution in [0.2, 0.25) is 5.02 Å². The minimum absolute atomic E-state index is 0.280. The lowest BCUT2D eigenvalue weighted by atomic mass is 9.90. The Bertz CT molecular complexity index is 786. The predicted molar refractivity (Wildman–Crippen MR) is 90.4 cm³/mol. The molecule has 4 nitrogen and oxygen atoms in total. The van der Waals surface area contributed by atoms with Crippen LogP contribution >= 0.6 is 11.6 Å². The first-order valence-corrected chi connectivity index (χ1v) is 8.01. The fourth-order valence-electron chi connectivity index (χ4n) is 3.11. The van der Waals surface area contributed by atoms with E-state index < -0.39 is 23.7 Å². The molecule has 0 radical (unpaired) electrons. The predicted octanol–water partition coefficient (Wildman–Crippen LogP) is 3.20. The van der Waals surface area contributed by atoms with Crippen molar-refractivity contribution in [1.82, 2.24) is 4.90 Å². The van der Waals surface area contributed by atoms with E-state index in [2.05, 4.69) is 0 Å². The monoisotopic (exact) mass is 341 g/mol. The molecule has 2 atom stereocenters. The maximum absolute atomic E-state index is 12.5. The molecule has 3 rings (SSSR count). The summed E-state index contributed by atoms with van der Waals surface area (Å²) < 4.78 is 0. The molecule has 1 aliphatic rings. The van der Waals surface area contributed by atoms with Gasteiger partial charge in [0.1, 0.15) is 11.7 Å². The molecular weight excluding hydrogens is 326 g/mol. The molecule has 0 bridgehead atoms. The number of hydrogen-bond donors (Lipinski definition) is 0. The van der Waals surface area contributed by atoms with Gasteiger partial charge in [-0.3, -0.25) is 14.4 Å². The minimum Gasteiger partial charge on any atom is -0.324 e. The Morgan fingerprint density at radius 3 is 2.25 bits per heavy atom. The summed E-state index contributed by atoms with van der Waals surface area (Å²) in [5, 5.41) is 0.559. The lowest BCUT2D eigenvalue weighted by molar-refractivity contribution is -0.142. The number of likely N-dealkylation sites (tertiary alicyclic amines) is 1. The molecule has 2 aromatic rings. The number of benzene rings is 2. The van der Waals surface area contributed by atoms with Gasteiger partial charge in [-0.1, -0.05) is 54.1 Å². The van der Waals surface area contributed by atoms with Gasteiger partial charge >= 0.3 is 0 Å². The molecule has 5 heteroatoms. The van der Waals surface area contributed by atoms with Crippen molar-refractivity contribution in [3.05, 3.63) is 70.7 Å². The second-order valence-corrected chi connectivity index (χ2v) is 6.30. The van der Waals surface area contributed by atoms with Crippen molar-refractivity contribution in [1.29, 1.82) is 0 Å². The second-order valence-electron chi connectivity index (χ2n) is 5.87. The Kier molecular flexibility index (Phi) is 4.49. The van der Waals surface area contributed by atoms with Crippen molar-refractivity contribution >= 4 is 29.1 Å². The highest BCUT2D eigenvalue weighted by Gasteiger charge is 2.50. The summed E-state index contributed by atoms with van der Waals surface area (Å²) in [6.45, 7) is 1.63.